The van der Waals surface area contributed by atoms with Crippen LogP contribution < -0.4 is 5.43 Å². The van der Waals surface area contributed by atoms with Crippen LogP contribution >= 0.6 is 35.0 Å². The molecule has 6 nitrogen and oxygen atoms in total. The first kappa shape index (κ1) is 26.9. The van der Waals surface area contributed by atoms with Crippen LogP contribution in [0.2, 0.25) is 10.0 Å². The summed E-state index contributed by atoms with van der Waals surface area (Å²) in [5.74, 6) is 0.567. The number of halogens is 2. The van der Waals surface area contributed by atoms with Gasteiger partial charge in [0.15, 0.2) is 11.0 Å². The minimum Gasteiger partial charge on any atom is -0.272 e. The van der Waals surface area contributed by atoms with E-state index in [1.807, 2.05) is 34.9 Å². The number of aromatic nitrogens is 3. The number of amides is 1. The zero-order valence-corrected chi connectivity index (χ0v) is 23.3. The predicted octanol–water partition coefficient (Wildman–Crippen LogP) is 7.17. The van der Waals surface area contributed by atoms with Gasteiger partial charge in [-0.25, -0.2) is 5.43 Å². The Kier molecular flexibility index (Phi) is 8.37. The molecule has 0 radical (unpaired) electrons. The summed E-state index contributed by atoms with van der Waals surface area (Å²) in [5.41, 5.74) is 7.14. The molecule has 1 aromatic heterocycles. The molecule has 4 aromatic rings. The van der Waals surface area contributed by atoms with Crippen LogP contribution in [0.1, 0.15) is 38.8 Å². The fourth-order valence-corrected chi connectivity index (χ4v) is 4.62. The van der Waals surface area contributed by atoms with Gasteiger partial charge in [0.1, 0.15) is 0 Å². The molecule has 0 unspecified atom stereocenters. The molecule has 1 N–H and O–H groups in total. The molecule has 3 aromatic carbocycles. The number of nitrogens with zero attached hydrogens (tertiary/aromatic N) is 4. The maximum atomic E-state index is 12.6. The molecule has 4 rings (SSSR count). The highest BCUT2D eigenvalue weighted by Crippen LogP contribution is 2.30. The van der Waals surface area contributed by atoms with E-state index >= 15 is 0 Å². The van der Waals surface area contributed by atoms with Crippen molar-refractivity contribution in [2.75, 3.05) is 5.75 Å². The number of carbonyl (C=O) groups excluding carboxylic acids is 1. The van der Waals surface area contributed by atoms with Gasteiger partial charge >= 0.3 is 0 Å². The fraction of sp³-hybridized carbons (Fsp3) is 0.214. The normalized spacial score (nSPS) is 12.0. The maximum absolute atomic E-state index is 12.6. The lowest BCUT2D eigenvalue weighted by Crippen LogP contribution is -2.21. The third kappa shape index (κ3) is 6.60. The summed E-state index contributed by atoms with van der Waals surface area (Å²) in [6, 6.07) is 23.4. The van der Waals surface area contributed by atoms with Crippen molar-refractivity contribution < 1.29 is 4.79 Å². The van der Waals surface area contributed by atoms with Crippen LogP contribution in [0, 0.1) is 0 Å². The molecule has 0 atom stereocenters. The van der Waals surface area contributed by atoms with Crippen molar-refractivity contribution in [2.24, 2.45) is 5.10 Å². The summed E-state index contributed by atoms with van der Waals surface area (Å²) in [6.07, 6.45) is 0. The zero-order chi connectivity index (χ0) is 26.6. The van der Waals surface area contributed by atoms with Gasteiger partial charge in [0, 0.05) is 11.3 Å². The first-order valence-corrected chi connectivity index (χ1v) is 13.4. The highest BCUT2D eigenvalue weighted by Gasteiger charge is 2.19. The molecule has 9 heteroatoms. The van der Waals surface area contributed by atoms with Crippen molar-refractivity contribution in [1.29, 1.82) is 0 Å². The smallest absolute Gasteiger partial charge is 0.250 e. The molecule has 0 aliphatic rings. The molecule has 190 valence electrons. The van der Waals surface area contributed by atoms with Gasteiger partial charge in [-0.3, -0.25) is 9.36 Å². The Labute approximate surface area is 231 Å². The van der Waals surface area contributed by atoms with Crippen molar-refractivity contribution in [2.45, 2.75) is 38.3 Å². The van der Waals surface area contributed by atoms with Crippen LogP contribution in [0.15, 0.2) is 83.1 Å². The second-order valence-corrected chi connectivity index (χ2v) is 11.2. The molecule has 37 heavy (non-hydrogen) atoms. The topological polar surface area (TPSA) is 72.2 Å². The molecule has 1 amide bonds. The number of para-hydroxylation sites is 1. The Morgan fingerprint density at radius 1 is 0.973 bits per heavy atom. The minimum atomic E-state index is -0.261. The maximum Gasteiger partial charge on any atom is 0.250 e. The van der Waals surface area contributed by atoms with Crippen LogP contribution in [0.5, 0.6) is 0 Å². The third-order valence-electron chi connectivity index (χ3n) is 5.67. The van der Waals surface area contributed by atoms with E-state index < -0.39 is 0 Å². The Morgan fingerprint density at radius 2 is 1.68 bits per heavy atom. The van der Waals surface area contributed by atoms with Crippen molar-refractivity contribution in [3.05, 3.63) is 94.0 Å². The van der Waals surface area contributed by atoms with Gasteiger partial charge < -0.3 is 0 Å². The van der Waals surface area contributed by atoms with Gasteiger partial charge in [-0.2, -0.15) is 5.10 Å². The number of hydrogen-bond acceptors (Lipinski definition) is 5. The Hall–Kier alpha value is -3.13. The lowest BCUT2D eigenvalue weighted by molar-refractivity contribution is -0.118. The minimum absolute atomic E-state index is 0.0562. The lowest BCUT2D eigenvalue weighted by Gasteiger charge is -2.19. The van der Waals surface area contributed by atoms with Gasteiger partial charge in [0.05, 0.1) is 21.5 Å². The number of carbonyl (C=O) groups is 1. The van der Waals surface area contributed by atoms with Crippen LogP contribution in [-0.2, 0) is 10.2 Å². The van der Waals surface area contributed by atoms with Crippen LogP contribution in [0.4, 0.5) is 0 Å². The Bertz CT molecular complexity index is 1430. The van der Waals surface area contributed by atoms with E-state index in [0.717, 1.165) is 16.8 Å². The molecule has 0 bridgehead atoms. The van der Waals surface area contributed by atoms with E-state index in [9.17, 15) is 4.79 Å². The van der Waals surface area contributed by atoms with E-state index in [1.165, 1.54) is 17.3 Å². The predicted molar refractivity (Wildman–Crippen MR) is 153 cm³/mol. The lowest BCUT2D eigenvalue weighted by atomic mass is 9.87. The van der Waals surface area contributed by atoms with E-state index in [4.69, 9.17) is 23.2 Å². The van der Waals surface area contributed by atoms with Crippen molar-refractivity contribution in [3.63, 3.8) is 0 Å². The molecule has 0 spiro atoms. The van der Waals surface area contributed by atoms with Gasteiger partial charge in [-0.15, -0.1) is 10.2 Å². The number of hydrazone groups is 1. The molecular formula is C28H27Cl2N5OS. The van der Waals surface area contributed by atoms with Crippen LogP contribution in [0.3, 0.4) is 0 Å². The molecule has 0 fully saturated rings. The SMILES string of the molecule is C/C(=N/NC(=O)CSc1nnc(-c2ccc(C(C)(C)C)cc2)n1-c1ccccc1)c1ccc(Cl)c(Cl)c1. The first-order valence-electron chi connectivity index (χ1n) is 11.7. The van der Waals surface area contributed by atoms with Gasteiger partial charge in [-0.1, -0.05) is 104 Å². The molecular weight excluding hydrogens is 525 g/mol. The molecule has 1 heterocycles. The molecule has 0 aliphatic carbocycles. The highest BCUT2D eigenvalue weighted by molar-refractivity contribution is 7.99. The Morgan fingerprint density at radius 3 is 2.32 bits per heavy atom. The average Bonchev–Trinajstić information content (AvgIpc) is 3.31. The summed E-state index contributed by atoms with van der Waals surface area (Å²) >= 11 is 13.4. The van der Waals surface area contributed by atoms with E-state index in [-0.39, 0.29) is 17.1 Å². The molecule has 0 aliphatic heterocycles. The quantitative estimate of drug-likeness (QED) is 0.150. The largest absolute Gasteiger partial charge is 0.272 e. The van der Waals surface area contributed by atoms with Crippen LogP contribution in [0.25, 0.3) is 17.1 Å². The summed E-state index contributed by atoms with van der Waals surface area (Å²) in [6.45, 7) is 8.34. The van der Waals surface area contributed by atoms with Crippen molar-refractivity contribution in [1.82, 2.24) is 20.2 Å². The summed E-state index contributed by atoms with van der Waals surface area (Å²) in [7, 11) is 0. The monoisotopic (exact) mass is 551 g/mol. The number of rotatable bonds is 7. The standard InChI is InChI=1S/C28H27Cl2N5OS/c1-18(20-12-15-23(29)24(30)16-20)31-32-25(36)17-37-27-34-33-26(35(27)22-8-6-5-7-9-22)19-10-13-21(14-11-19)28(2,3)4/h5-16H,17H2,1-4H3,(H,32,36)/b31-18-. The summed E-state index contributed by atoms with van der Waals surface area (Å²) in [5, 5.41) is 14.6. The van der Waals surface area contributed by atoms with E-state index in [0.29, 0.717) is 26.7 Å². The summed E-state index contributed by atoms with van der Waals surface area (Å²) in [4.78, 5) is 12.6. The van der Waals surface area contributed by atoms with Crippen LogP contribution in [-0.4, -0.2) is 32.1 Å². The van der Waals surface area contributed by atoms with Gasteiger partial charge in [-0.05, 0) is 47.7 Å². The molecule has 0 saturated heterocycles. The van der Waals surface area contributed by atoms with Crippen molar-refractivity contribution in [3.8, 4) is 17.1 Å². The second-order valence-electron chi connectivity index (χ2n) is 9.45. The number of thioether (sulfide) groups is 1. The third-order valence-corrected chi connectivity index (χ3v) is 7.34. The van der Waals surface area contributed by atoms with E-state index in [2.05, 4.69) is 65.8 Å². The number of hydrogen-bond donors (Lipinski definition) is 1. The zero-order valence-electron chi connectivity index (χ0n) is 21.0. The number of benzene rings is 3. The Balaban J connectivity index is 1.53. The molecule has 0 saturated carbocycles. The highest BCUT2D eigenvalue weighted by atomic mass is 35.5. The average molecular weight is 553 g/mol. The summed E-state index contributed by atoms with van der Waals surface area (Å²) < 4.78 is 1.97. The van der Waals surface area contributed by atoms with Gasteiger partial charge in [0.25, 0.3) is 5.91 Å². The van der Waals surface area contributed by atoms with Crippen molar-refractivity contribution >= 4 is 46.6 Å². The number of nitrogens with one attached hydrogen (secondary N) is 1. The van der Waals surface area contributed by atoms with Gasteiger partial charge in [0.2, 0.25) is 0 Å². The first-order chi connectivity index (χ1) is 17.6. The fourth-order valence-electron chi connectivity index (χ4n) is 3.57. The second kappa shape index (κ2) is 11.5. The van der Waals surface area contributed by atoms with E-state index in [1.54, 1.807) is 25.1 Å².